The van der Waals surface area contributed by atoms with E-state index >= 15 is 0 Å². The molecule has 9 aromatic carbocycles. The molecule has 0 aliphatic rings. The van der Waals surface area contributed by atoms with Gasteiger partial charge in [0.2, 0.25) is 0 Å². The summed E-state index contributed by atoms with van der Waals surface area (Å²) in [7, 11) is 0. The van der Waals surface area contributed by atoms with Gasteiger partial charge >= 0.3 is 0 Å². The molecule has 284 valence electrons. The van der Waals surface area contributed by atoms with Crippen molar-refractivity contribution >= 4 is 65.8 Å². The summed E-state index contributed by atoms with van der Waals surface area (Å²) in [6.07, 6.45) is 1.60. The predicted octanol–water partition coefficient (Wildman–Crippen LogP) is 15.9. The highest BCUT2D eigenvalue weighted by Crippen LogP contribution is 2.41. The molecule has 12 rings (SSSR count). The molecule has 0 amide bonds. The van der Waals surface area contributed by atoms with Gasteiger partial charge in [-0.05, 0) is 101 Å². The van der Waals surface area contributed by atoms with Crippen LogP contribution in [0.5, 0.6) is 0 Å². The van der Waals surface area contributed by atoms with Crippen molar-refractivity contribution in [2.45, 2.75) is 19.8 Å². The van der Waals surface area contributed by atoms with Gasteiger partial charge in [-0.2, -0.15) is 0 Å². The van der Waals surface area contributed by atoms with Gasteiger partial charge in [0, 0.05) is 49.0 Å². The Kier molecular flexibility index (Phi) is 7.89. The number of para-hydroxylation sites is 4. The van der Waals surface area contributed by atoms with E-state index in [0.29, 0.717) is 0 Å². The maximum absolute atomic E-state index is 6.60. The van der Waals surface area contributed by atoms with E-state index < -0.39 is 0 Å². The number of benzene rings is 9. The number of hydrogen-bond acceptors (Lipinski definition) is 3. The Balaban J connectivity index is 0.887. The summed E-state index contributed by atoms with van der Waals surface area (Å²) in [4.78, 5) is 0. The zero-order valence-corrected chi connectivity index (χ0v) is 33.0. The van der Waals surface area contributed by atoms with Crippen molar-refractivity contribution in [2.24, 2.45) is 0 Å². The molecular formula is C57H38O3. The van der Waals surface area contributed by atoms with Crippen molar-refractivity contribution in [1.82, 2.24) is 0 Å². The molecule has 3 heteroatoms. The molecule has 0 spiro atoms. The van der Waals surface area contributed by atoms with Gasteiger partial charge in [-0.25, -0.2) is 0 Å². The van der Waals surface area contributed by atoms with Crippen molar-refractivity contribution in [3.63, 3.8) is 0 Å². The Bertz CT molecular complexity index is 3580. The molecule has 60 heavy (non-hydrogen) atoms. The minimum Gasteiger partial charge on any atom is -0.455 e. The molecule has 3 heterocycles. The first kappa shape index (κ1) is 34.4. The van der Waals surface area contributed by atoms with Gasteiger partial charge in [0.1, 0.15) is 33.5 Å². The molecule has 0 atom stereocenters. The van der Waals surface area contributed by atoms with Crippen LogP contribution in [0.4, 0.5) is 0 Å². The summed E-state index contributed by atoms with van der Waals surface area (Å²) in [5.41, 5.74) is 18.5. The van der Waals surface area contributed by atoms with E-state index in [-0.39, 0.29) is 0 Å². The molecule has 3 nitrogen and oxygen atoms in total. The second-order valence-corrected chi connectivity index (χ2v) is 16.1. The lowest BCUT2D eigenvalue weighted by atomic mass is 9.93. The summed E-state index contributed by atoms with van der Waals surface area (Å²) >= 11 is 0. The normalized spacial score (nSPS) is 11.9. The maximum atomic E-state index is 6.60. The molecule has 0 N–H and O–H groups in total. The lowest BCUT2D eigenvalue weighted by Crippen LogP contribution is -1.92. The van der Waals surface area contributed by atoms with Crippen molar-refractivity contribution in [3.05, 3.63) is 216 Å². The second-order valence-electron chi connectivity index (χ2n) is 16.1. The maximum Gasteiger partial charge on any atom is 0.143 e. The summed E-state index contributed by atoms with van der Waals surface area (Å²) in [5.74, 6) is 0. The van der Waals surface area contributed by atoms with Gasteiger partial charge in [0.05, 0.1) is 0 Å². The first-order valence-corrected chi connectivity index (χ1v) is 20.6. The molecule has 0 fully saturated rings. The van der Waals surface area contributed by atoms with Crippen molar-refractivity contribution in [3.8, 4) is 33.4 Å². The van der Waals surface area contributed by atoms with Gasteiger partial charge in [-0.3, -0.25) is 0 Å². The monoisotopic (exact) mass is 770 g/mol. The summed E-state index contributed by atoms with van der Waals surface area (Å²) in [5, 5.41) is 6.85. The van der Waals surface area contributed by atoms with Gasteiger partial charge in [-0.15, -0.1) is 0 Å². The molecule has 0 unspecified atom stereocenters. The lowest BCUT2D eigenvalue weighted by molar-refractivity contribution is 0.669. The minimum absolute atomic E-state index is 0.796. The fourth-order valence-electron chi connectivity index (χ4n) is 9.19. The first-order chi connectivity index (χ1) is 29.6. The van der Waals surface area contributed by atoms with E-state index in [9.17, 15) is 0 Å². The van der Waals surface area contributed by atoms with E-state index in [0.717, 1.165) is 112 Å². The topological polar surface area (TPSA) is 39.4 Å². The molecule has 0 bridgehead atoms. The van der Waals surface area contributed by atoms with E-state index in [1.54, 1.807) is 0 Å². The largest absolute Gasteiger partial charge is 0.455 e. The summed E-state index contributed by atoms with van der Waals surface area (Å²) in [6, 6.07) is 67.3. The predicted molar refractivity (Wildman–Crippen MR) is 248 cm³/mol. The van der Waals surface area contributed by atoms with Crippen molar-refractivity contribution < 1.29 is 13.3 Å². The molecule has 0 aliphatic carbocycles. The van der Waals surface area contributed by atoms with Crippen LogP contribution in [0.25, 0.3) is 99.2 Å². The third kappa shape index (κ3) is 5.81. The SMILES string of the molecule is Cc1ccc(-c2cc(Cc3ccc(-c4cc(Cc5ccc(-c6cccc7c6oc6ccccc67)cc5)cc5c4oc4ccccc45)cc3)cc3c2oc2ccccc23)cc1. The minimum atomic E-state index is 0.796. The Morgan fingerprint density at radius 2 is 0.683 bits per heavy atom. The standard InChI is InChI=1S/C57H38O3/c1-35-17-23-41(24-18-35)48-31-38(33-50-45-10-3-6-15-53(45)59-56(48)50)30-37-21-27-42(28-22-37)49-32-39(34-51-46-11-4-7-16-54(46)60-57(49)51)29-36-19-25-40(26-20-36)43-12-8-13-47-44-9-2-5-14-52(44)58-55(43)47/h2-28,31-34H,29-30H2,1H3. The van der Waals surface area contributed by atoms with Gasteiger partial charge in [0.15, 0.2) is 0 Å². The van der Waals surface area contributed by atoms with Gasteiger partial charge < -0.3 is 13.3 Å². The highest BCUT2D eigenvalue weighted by molar-refractivity contribution is 6.12. The lowest BCUT2D eigenvalue weighted by Gasteiger charge is -2.11. The fraction of sp³-hybridized carbons (Fsp3) is 0.0526. The van der Waals surface area contributed by atoms with Crippen molar-refractivity contribution in [1.29, 1.82) is 0 Å². The second kappa shape index (κ2) is 13.8. The summed E-state index contributed by atoms with van der Waals surface area (Å²) in [6.45, 7) is 2.13. The number of hydrogen-bond donors (Lipinski definition) is 0. The average Bonchev–Trinajstić information content (AvgIpc) is 3.98. The van der Waals surface area contributed by atoms with Gasteiger partial charge in [-0.1, -0.05) is 151 Å². The third-order valence-electron chi connectivity index (χ3n) is 12.2. The Morgan fingerprint density at radius 1 is 0.300 bits per heavy atom. The molecule has 0 radical (unpaired) electrons. The van der Waals surface area contributed by atoms with Crippen LogP contribution in [-0.2, 0) is 12.8 Å². The van der Waals surface area contributed by atoms with E-state index in [1.165, 1.54) is 27.8 Å². The van der Waals surface area contributed by atoms with Gasteiger partial charge in [0.25, 0.3) is 0 Å². The van der Waals surface area contributed by atoms with Crippen LogP contribution in [0, 0.1) is 6.92 Å². The average molecular weight is 771 g/mol. The third-order valence-corrected chi connectivity index (χ3v) is 12.2. The number of aryl methyl sites for hydroxylation is 1. The van der Waals surface area contributed by atoms with E-state index in [2.05, 4.69) is 171 Å². The Hall–Kier alpha value is -7.62. The van der Waals surface area contributed by atoms with Crippen LogP contribution in [0.15, 0.2) is 201 Å². The van der Waals surface area contributed by atoms with Crippen molar-refractivity contribution in [2.75, 3.05) is 0 Å². The Labute approximate surface area is 346 Å². The van der Waals surface area contributed by atoms with Crippen LogP contribution < -0.4 is 0 Å². The number of rotatable bonds is 7. The van der Waals surface area contributed by atoms with Crippen LogP contribution in [-0.4, -0.2) is 0 Å². The van der Waals surface area contributed by atoms with Crippen LogP contribution in [0.1, 0.15) is 27.8 Å². The fourth-order valence-corrected chi connectivity index (χ4v) is 9.19. The van der Waals surface area contributed by atoms with Crippen LogP contribution in [0.3, 0.4) is 0 Å². The molecular weight excluding hydrogens is 733 g/mol. The first-order valence-electron chi connectivity index (χ1n) is 20.6. The molecule has 0 saturated heterocycles. The summed E-state index contributed by atoms with van der Waals surface area (Å²) < 4.78 is 19.4. The highest BCUT2D eigenvalue weighted by atomic mass is 16.3. The smallest absolute Gasteiger partial charge is 0.143 e. The molecule has 0 saturated carbocycles. The number of fused-ring (bicyclic) bond motifs is 9. The van der Waals surface area contributed by atoms with Crippen LogP contribution in [0.2, 0.25) is 0 Å². The zero-order chi connectivity index (χ0) is 39.7. The highest BCUT2D eigenvalue weighted by Gasteiger charge is 2.18. The molecule has 12 aromatic rings. The molecule has 0 aliphatic heterocycles. The quantitative estimate of drug-likeness (QED) is 0.162. The van der Waals surface area contributed by atoms with E-state index in [1.807, 2.05) is 24.3 Å². The molecule has 3 aromatic heterocycles. The Morgan fingerprint density at radius 3 is 1.17 bits per heavy atom. The van der Waals surface area contributed by atoms with E-state index in [4.69, 9.17) is 13.3 Å². The number of furan rings is 3. The van der Waals surface area contributed by atoms with Crippen LogP contribution >= 0.6 is 0 Å². The zero-order valence-electron chi connectivity index (χ0n) is 33.0.